The number of thiophene rings is 1. The monoisotopic (exact) mass is 307 g/mol. The van der Waals surface area contributed by atoms with Crippen LogP contribution in [0.5, 0.6) is 0 Å². The lowest BCUT2D eigenvalue weighted by Gasteiger charge is -2.06. The van der Waals surface area contributed by atoms with Crippen LogP contribution in [0.2, 0.25) is 0 Å². The van der Waals surface area contributed by atoms with Crippen molar-refractivity contribution in [3.8, 4) is 0 Å². The molecule has 0 aromatic carbocycles. The highest BCUT2D eigenvalue weighted by molar-refractivity contribution is 7.12. The van der Waals surface area contributed by atoms with Gasteiger partial charge in [-0.3, -0.25) is 4.79 Å². The van der Waals surface area contributed by atoms with Crippen molar-refractivity contribution in [3.05, 3.63) is 41.1 Å². The lowest BCUT2D eigenvalue weighted by atomic mass is 10.2. The Morgan fingerprint density at radius 2 is 2.38 bits per heavy atom. The van der Waals surface area contributed by atoms with Crippen LogP contribution < -0.4 is 0 Å². The van der Waals surface area contributed by atoms with Gasteiger partial charge in [0, 0.05) is 18.8 Å². The molecule has 21 heavy (non-hydrogen) atoms. The molecule has 0 aliphatic carbocycles. The minimum atomic E-state index is -0.780. The third kappa shape index (κ3) is 5.39. The first-order valence-corrected chi connectivity index (χ1v) is 7.54. The Bertz CT molecular complexity index is 564. The van der Waals surface area contributed by atoms with E-state index < -0.39 is 5.97 Å². The highest BCUT2D eigenvalue weighted by Gasteiger charge is 2.07. The van der Waals surface area contributed by atoms with E-state index in [2.05, 4.69) is 10.1 Å². The summed E-state index contributed by atoms with van der Waals surface area (Å²) < 4.78 is 1.92. The molecule has 0 aliphatic heterocycles. The third-order valence-corrected chi connectivity index (χ3v) is 3.67. The second-order valence-corrected chi connectivity index (χ2v) is 5.38. The maximum absolute atomic E-state index is 10.4. The van der Waals surface area contributed by atoms with E-state index in [1.807, 2.05) is 28.3 Å². The van der Waals surface area contributed by atoms with E-state index >= 15 is 0 Å². The number of hydrogen-bond acceptors (Lipinski definition) is 5. The van der Waals surface area contributed by atoms with E-state index in [9.17, 15) is 4.79 Å². The summed E-state index contributed by atoms with van der Waals surface area (Å²) in [7, 11) is 0. The summed E-state index contributed by atoms with van der Waals surface area (Å²) in [4.78, 5) is 20.8. The van der Waals surface area contributed by atoms with E-state index in [0.717, 1.165) is 10.6 Å². The standard InChI is InChI=1S/C14H17N3O3S/c18-14(19)5-1-2-8-20-16-12(13-4-3-9-21-13)10-17-7-6-15-11-17/h3-4,6-7,9,11H,1-2,5,8,10H2,(H,18,19). The summed E-state index contributed by atoms with van der Waals surface area (Å²) in [6.45, 7) is 1.02. The molecule has 0 amide bonds. The predicted molar refractivity (Wildman–Crippen MR) is 80.5 cm³/mol. The van der Waals surface area contributed by atoms with Gasteiger partial charge in [-0.1, -0.05) is 11.2 Å². The number of oxime groups is 1. The Morgan fingerprint density at radius 3 is 3.05 bits per heavy atom. The SMILES string of the molecule is O=C(O)CCCCON=C(Cn1ccnc1)c1cccs1. The number of nitrogens with zero attached hydrogens (tertiary/aromatic N) is 3. The Balaban J connectivity index is 1.86. The van der Waals surface area contributed by atoms with Gasteiger partial charge in [0.15, 0.2) is 0 Å². The van der Waals surface area contributed by atoms with E-state index in [1.54, 1.807) is 23.9 Å². The van der Waals surface area contributed by atoms with E-state index in [-0.39, 0.29) is 6.42 Å². The lowest BCUT2D eigenvalue weighted by molar-refractivity contribution is -0.137. The van der Waals surface area contributed by atoms with Crippen molar-refractivity contribution in [1.29, 1.82) is 0 Å². The zero-order valence-corrected chi connectivity index (χ0v) is 12.3. The molecule has 0 aliphatic rings. The van der Waals surface area contributed by atoms with Crippen LogP contribution in [0.4, 0.5) is 0 Å². The second kappa shape index (κ2) is 8.21. The number of carboxylic acids is 1. The maximum atomic E-state index is 10.4. The molecule has 0 bridgehead atoms. The molecule has 2 heterocycles. The average molecular weight is 307 g/mol. The first-order chi connectivity index (χ1) is 10.3. The first-order valence-electron chi connectivity index (χ1n) is 6.66. The molecule has 1 N–H and O–H groups in total. The maximum Gasteiger partial charge on any atom is 0.303 e. The molecule has 0 unspecified atom stereocenters. The topological polar surface area (TPSA) is 76.7 Å². The molecular formula is C14H17N3O3S. The summed E-state index contributed by atoms with van der Waals surface area (Å²) >= 11 is 1.60. The molecule has 7 heteroatoms. The van der Waals surface area contributed by atoms with Gasteiger partial charge < -0.3 is 14.5 Å². The fourth-order valence-corrected chi connectivity index (χ4v) is 2.41. The van der Waals surface area contributed by atoms with Gasteiger partial charge in [0.05, 0.1) is 17.7 Å². The smallest absolute Gasteiger partial charge is 0.303 e. The van der Waals surface area contributed by atoms with Gasteiger partial charge in [-0.25, -0.2) is 4.98 Å². The average Bonchev–Trinajstić information content (AvgIpc) is 3.13. The quantitative estimate of drug-likeness (QED) is 0.439. The van der Waals surface area contributed by atoms with Crippen LogP contribution in [-0.4, -0.2) is 32.9 Å². The van der Waals surface area contributed by atoms with Gasteiger partial charge in [0.25, 0.3) is 0 Å². The van der Waals surface area contributed by atoms with Crippen molar-refractivity contribution in [2.24, 2.45) is 5.16 Å². The number of imidazole rings is 1. The van der Waals surface area contributed by atoms with Crippen LogP contribution in [0.15, 0.2) is 41.4 Å². The van der Waals surface area contributed by atoms with Gasteiger partial charge in [0.1, 0.15) is 12.3 Å². The second-order valence-electron chi connectivity index (χ2n) is 4.43. The Kier molecular flexibility index (Phi) is 5.96. The summed E-state index contributed by atoms with van der Waals surface area (Å²) in [5, 5.41) is 14.7. The van der Waals surface area contributed by atoms with Gasteiger partial charge >= 0.3 is 5.97 Å². The van der Waals surface area contributed by atoms with Crippen molar-refractivity contribution in [1.82, 2.24) is 9.55 Å². The molecular weight excluding hydrogens is 290 g/mol. The van der Waals surface area contributed by atoms with E-state index in [0.29, 0.717) is 26.0 Å². The third-order valence-electron chi connectivity index (χ3n) is 2.75. The van der Waals surface area contributed by atoms with Gasteiger partial charge in [-0.15, -0.1) is 11.3 Å². The number of hydrogen-bond donors (Lipinski definition) is 1. The van der Waals surface area contributed by atoms with E-state index in [4.69, 9.17) is 9.94 Å². The van der Waals surface area contributed by atoms with Gasteiger partial charge in [0.2, 0.25) is 0 Å². The number of aromatic nitrogens is 2. The zero-order valence-electron chi connectivity index (χ0n) is 11.5. The molecule has 112 valence electrons. The van der Waals surface area contributed by atoms with Gasteiger partial charge in [-0.05, 0) is 24.3 Å². The molecule has 0 spiro atoms. The van der Waals surface area contributed by atoms with Crippen LogP contribution >= 0.6 is 11.3 Å². The molecule has 0 atom stereocenters. The predicted octanol–water partition coefficient (Wildman–Crippen LogP) is 2.62. The molecule has 0 saturated heterocycles. The summed E-state index contributed by atoms with van der Waals surface area (Å²) in [5.74, 6) is -0.780. The molecule has 2 rings (SSSR count). The highest BCUT2D eigenvalue weighted by atomic mass is 32.1. The lowest BCUT2D eigenvalue weighted by Crippen LogP contribution is -2.10. The normalized spacial score (nSPS) is 11.5. The largest absolute Gasteiger partial charge is 0.481 e. The van der Waals surface area contributed by atoms with Crippen LogP contribution in [0.3, 0.4) is 0 Å². The molecule has 0 saturated carbocycles. The van der Waals surface area contributed by atoms with Crippen molar-refractivity contribution in [2.45, 2.75) is 25.8 Å². The highest BCUT2D eigenvalue weighted by Crippen LogP contribution is 2.12. The Hall–Kier alpha value is -2.15. The fraction of sp³-hybridized carbons (Fsp3) is 0.357. The van der Waals surface area contributed by atoms with Crippen LogP contribution in [0, 0.1) is 0 Å². The molecule has 2 aromatic heterocycles. The minimum absolute atomic E-state index is 0.167. The first kappa shape index (κ1) is 15.2. The Labute approximate surface area is 126 Å². The minimum Gasteiger partial charge on any atom is -0.481 e. The van der Waals surface area contributed by atoms with Gasteiger partial charge in [-0.2, -0.15) is 0 Å². The summed E-state index contributed by atoms with van der Waals surface area (Å²) in [6, 6.07) is 3.96. The van der Waals surface area contributed by atoms with Crippen LogP contribution in [-0.2, 0) is 16.2 Å². The summed E-state index contributed by atoms with van der Waals surface area (Å²) in [6.07, 6.45) is 6.77. The molecule has 2 aromatic rings. The molecule has 0 radical (unpaired) electrons. The number of aliphatic carboxylic acids is 1. The molecule has 6 nitrogen and oxygen atoms in total. The Morgan fingerprint density at radius 1 is 1.48 bits per heavy atom. The summed E-state index contributed by atoms with van der Waals surface area (Å²) in [5.41, 5.74) is 0.834. The molecule has 0 fully saturated rings. The zero-order chi connectivity index (χ0) is 14.9. The van der Waals surface area contributed by atoms with E-state index in [1.165, 1.54) is 0 Å². The number of rotatable bonds is 9. The number of unbranched alkanes of at least 4 members (excludes halogenated alkanes) is 1. The van der Waals surface area contributed by atoms with Crippen molar-refractivity contribution >= 4 is 23.0 Å². The number of carbonyl (C=O) groups is 1. The number of carboxylic acid groups (broad SMARTS) is 1. The van der Waals surface area contributed by atoms with Crippen LogP contribution in [0.25, 0.3) is 0 Å². The fourth-order valence-electron chi connectivity index (χ4n) is 1.71. The van der Waals surface area contributed by atoms with Crippen molar-refractivity contribution in [2.75, 3.05) is 6.61 Å². The van der Waals surface area contributed by atoms with Crippen molar-refractivity contribution < 1.29 is 14.7 Å². The van der Waals surface area contributed by atoms with Crippen LogP contribution in [0.1, 0.15) is 24.1 Å². The van der Waals surface area contributed by atoms with Crippen molar-refractivity contribution in [3.63, 3.8) is 0 Å².